The maximum Gasteiger partial charge on any atom is 0.251 e. The van der Waals surface area contributed by atoms with Gasteiger partial charge in [-0.25, -0.2) is 0 Å². The molecule has 1 saturated carbocycles. The van der Waals surface area contributed by atoms with Gasteiger partial charge in [0.05, 0.1) is 5.92 Å². The molecule has 2 rings (SSSR count). The average molecular weight is 354 g/mol. The largest absolute Gasteiger partial charge is 0.355 e. The van der Waals surface area contributed by atoms with E-state index in [-0.39, 0.29) is 30.1 Å². The first-order valence-electron chi connectivity index (χ1n) is 8.31. The van der Waals surface area contributed by atoms with Gasteiger partial charge < -0.3 is 16.4 Å². The van der Waals surface area contributed by atoms with Gasteiger partial charge in [0.2, 0.25) is 5.91 Å². The summed E-state index contributed by atoms with van der Waals surface area (Å²) in [6, 6.07) is 7.47. The fourth-order valence-corrected chi connectivity index (χ4v) is 3.25. The normalized spacial score (nSPS) is 23.0. The fourth-order valence-electron chi connectivity index (χ4n) is 3.25. The van der Waals surface area contributed by atoms with Crippen LogP contribution in [-0.4, -0.2) is 30.9 Å². The molecule has 0 spiro atoms. The Balaban J connectivity index is 0.00000288. The lowest BCUT2D eigenvalue weighted by molar-refractivity contribution is -0.128. The SMILES string of the molecule is CNC(=O)c1cccc(CCNC(=O)C2CCCCC2(C)N)c1.Cl. The molecule has 4 N–H and O–H groups in total. The van der Waals surface area contributed by atoms with Crippen LogP contribution < -0.4 is 16.4 Å². The fraction of sp³-hybridized carbons (Fsp3) is 0.556. The van der Waals surface area contributed by atoms with E-state index in [1.807, 2.05) is 25.1 Å². The van der Waals surface area contributed by atoms with Crippen molar-refractivity contribution in [2.45, 2.75) is 44.6 Å². The van der Waals surface area contributed by atoms with Crippen LogP contribution in [0.15, 0.2) is 24.3 Å². The van der Waals surface area contributed by atoms with Crippen molar-refractivity contribution in [1.29, 1.82) is 0 Å². The van der Waals surface area contributed by atoms with E-state index in [1.165, 1.54) is 0 Å². The van der Waals surface area contributed by atoms with E-state index in [0.29, 0.717) is 18.5 Å². The van der Waals surface area contributed by atoms with Crippen molar-refractivity contribution in [2.24, 2.45) is 11.7 Å². The highest BCUT2D eigenvalue weighted by Gasteiger charge is 2.37. The smallest absolute Gasteiger partial charge is 0.251 e. The highest BCUT2D eigenvalue weighted by Crippen LogP contribution is 2.31. The molecule has 0 bridgehead atoms. The molecule has 2 atom stereocenters. The van der Waals surface area contributed by atoms with Crippen molar-refractivity contribution in [2.75, 3.05) is 13.6 Å². The van der Waals surface area contributed by atoms with Gasteiger partial charge in [-0.05, 0) is 43.9 Å². The van der Waals surface area contributed by atoms with Gasteiger partial charge in [-0.3, -0.25) is 9.59 Å². The lowest BCUT2D eigenvalue weighted by Crippen LogP contribution is -2.53. The van der Waals surface area contributed by atoms with E-state index in [4.69, 9.17) is 5.73 Å². The number of rotatable bonds is 5. The first-order chi connectivity index (χ1) is 10.9. The van der Waals surface area contributed by atoms with Crippen molar-refractivity contribution in [1.82, 2.24) is 10.6 Å². The molecule has 0 heterocycles. The zero-order valence-electron chi connectivity index (χ0n) is 14.4. The summed E-state index contributed by atoms with van der Waals surface area (Å²) < 4.78 is 0. The summed E-state index contributed by atoms with van der Waals surface area (Å²) in [4.78, 5) is 24.0. The minimum atomic E-state index is -0.401. The van der Waals surface area contributed by atoms with Crippen molar-refractivity contribution in [3.05, 3.63) is 35.4 Å². The Kier molecular flexibility index (Phi) is 7.70. The monoisotopic (exact) mass is 353 g/mol. The van der Waals surface area contributed by atoms with Crippen LogP contribution in [0.25, 0.3) is 0 Å². The van der Waals surface area contributed by atoms with Crippen molar-refractivity contribution in [3.63, 3.8) is 0 Å². The van der Waals surface area contributed by atoms with Crippen LogP contribution in [-0.2, 0) is 11.2 Å². The van der Waals surface area contributed by atoms with E-state index >= 15 is 0 Å². The summed E-state index contributed by atoms with van der Waals surface area (Å²) in [6.45, 7) is 2.53. The molecular weight excluding hydrogens is 326 g/mol. The number of carbonyl (C=O) groups excluding carboxylic acids is 2. The van der Waals surface area contributed by atoms with Gasteiger partial charge >= 0.3 is 0 Å². The van der Waals surface area contributed by atoms with Crippen LogP contribution in [0.1, 0.15) is 48.5 Å². The predicted octanol–water partition coefficient (Wildman–Crippen LogP) is 2.03. The van der Waals surface area contributed by atoms with Gasteiger partial charge in [0, 0.05) is 24.7 Å². The minimum Gasteiger partial charge on any atom is -0.355 e. The van der Waals surface area contributed by atoms with Gasteiger partial charge in [-0.2, -0.15) is 0 Å². The van der Waals surface area contributed by atoms with E-state index in [9.17, 15) is 9.59 Å². The van der Waals surface area contributed by atoms with Gasteiger partial charge in [0.1, 0.15) is 0 Å². The minimum absolute atomic E-state index is 0. The van der Waals surface area contributed by atoms with Crippen LogP contribution in [0.4, 0.5) is 0 Å². The van der Waals surface area contributed by atoms with Gasteiger partial charge in [0.25, 0.3) is 5.91 Å². The number of nitrogens with two attached hydrogens (primary N) is 1. The zero-order valence-corrected chi connectivity index (χ0v) is 15.2. The van der Waals surface area contributed by atoms with E-state index in [0.717, 1.165) is 31.2 Å². The average Bonchev–Trinajstić information content (AvgIpc) is 2.53. The third kappa shape index (κ3) is 5.21. The van der Waals surface area contributed by atoms with Gasteiger partial charge in [-0.15, -0.1) is 12.4 Å². The Hall–Kier alpha value is -1.59. The summed E-state index contributed by atoms with van der Waals surface area (Å²) in [6.07, 6.45) is 4.64. The molecule has 2 amide bonds. The molecule has 0 radical (unpaired) electrons. The molecule has 134 valence electrons. The van der Waals surface area contributed by atoms with Crippen LogP contribution in [0, 0.1) is 5.92 Å². The molecule has 0 aromatic heterocycles. The Morgan fingerprint density at radius 1 is 1.33 bits per heavy atom. The summed E-state index contributed by atoms with van der Waals surface area (Å²) in [5.74, 6) is -0.150. The number of halogens is 1. The molecular formula is C18H28ClN3O2. The first-order valence-corrected chi connectivity index (χ1v) is 8.31. The van der Waals surface area contributed by atoms with Crippen LogP contribution in [0.3, 0.4) is 0 Å². The highest BCUT2D eigenvalue weighted by molar-refractivity contribution is 5.94. The second kappa shape index (κ2) is 9.04. The molecule has 5 nitrogen and oxygen atoms in total. The van der Waals surface area contributed by atoms with Crippen LogP contribution >= 0.6 is 12.4 Å². The van der Waals surface area contributed by atoms with E-state index in [1.54, 1.807) is 13.1 Å². The zero-order chi connectivity index (χ0) is 16.9. The van der Waals surface area contributed by atoms with E-state index in [2.05, 4.69) is 10.6 Å². The number of nitrogens with one attached hydrogen (secondary N) is 2. The lowest BCUT2D eigenvalue weighted by Gasteiger charge is -2.37. The van der Waals surface area contributed by atoms with Gasteiger partial charge in [0.15, 0.2) is 0 Å². The summed E-state index contributed by atoms with van der Waals surface area (Å²) in [5.41, 5.74) is 7.54. The Morgan fingerprint density at radius 3 is 2.75 bits per heavy atom. The molecule has 1 fully saturated rings. The predicted molar refractivity (Wildman–Crippen MR) is 98.3 cm³/mol. The third-order valence-electron chi connectivity index (χ3n) is 4.70. The maximum absolute atomic E-state index is 12.4. The second-order valence-electron chi connectivity index (χ2n) is 6.62. The first kappa shape index (κ1) is 20.5. The Labute approximate surface area is 150 Å². The molecule has 24 heavy (non-hydrogen) atoms. The molecule has 0 aliphatic heterocycles. The molecule has 1 aliphatic carbocycles. The van der Waals surface area contributed by atoms with Crippen LogP contribution in [0.2, 0.25) is 0 Å². The van der Waals surface area contributed by atoms with Crippen LogP contribution in [0.5, 0.6) is 0 Å². The maximum atomic E-state index is 12.4. The number of amides is 2. The van der Waals surface area contributed by atoms with Crippen molar-refractivity contribution in [3.8, 4) is 0 Å². The van der Waals surface area contributed by atoms with E-state index < -0.39 is 5.54 Å². The standard InChI is InChI=1S/C18H27N3O2.ClH/c1-18(19)10-4-3-8-15(18)17(23)21-11-9-13-6-5-7-14(12-13)16(22)20-2;/h5-7,12,15H,3-4,8-11,19H2,1-2H3,(H,20,22)(H,21,23);1H. The molecule has 6 heteroatoms. The molecule has 2 unspecified atom stereocenters. The molecule has 1 aliphatic rings. The third-order valence-corrected chi connectivity index (χ3v) is 4.70. The Morgan fingerprint density at radius 2 is 2.08 bits per heavy atom. The lowest BCUT2D eigenvalue weighted by atomic mass is 9.74. The summed E-state index contributed by atoms with van der Waals surface area (Å²) >= 11 is 0. The van der Waals surface area contributed by atoms with Gasteiger partial charge in [-0.1, -0.05) is 25.0 Å². The molecule has 1 aromatic carbocycles. The molecule has 0 saturated heterocycles. The number of carbonyl (C=O) groups is 2. The summed E-state index contributed by atoms with van der Waals surface area (Å²) in [7, 11) is 1.61. The number of hydrogen-bond acceptors (Lipinski definition) is 3. The number of benzene rings is 1. The summed E-state index contributed by atoms with van der Waals surface area (Å²) in [5, 5.41) is 5.61. The van der Waals surface area contributed by atoms with Crippen molar-refractivity contribution >= 4 is 24.2 Å². The molecule has 1 aromatic rings. The second-order valence-corrected chi connectivity index (χ2v) is 6.62. The van der Waals surface area contributed by atoms with Crippen molar-refractivity contribution < 1.29 is 9.59 Å². The highest BCUT2D eigenvalue weighted by atomic mass is 35.5. The quantitative estimate of drug-likeness (QED) is 0.757. The topological polar surface area (TPSA) is 84.2 Å². The number of hydrogen-bond donors (Lipinski definition) is 3. The Bertz CT molecular complexity index is 575.